The van der Waals surface area contributed by atoms with E-state index in [1.54, 1.807) is 0 Å². The number of hydrogen-bond acceptors (Lipinski definition) is 2. The Morgan fingerprint density at radius 2 is 0.719 bits per heavy atom. The third-order valence-corrected chi connectivity index (χ3v) is 11.2. The van der Waals surface area contributed by atoms with Crippen LogP contribution < -0.4 is 0 Å². The van der Waals surface area contributed by atoms with Gasteiger partial charge < -0.3 is 9.13 Å². The molecule has 0 spiro atoms. The van der Waals surface area contributed by atoms with Crippen molar-refractivity contribution in [2.75, 3.05) is 0 Å². The fourth-order valence-electron chi connectivity index (χ4n) is 8.40. The predicted octanol–water partition coefficient (Wildman–Crippen LogP) is 13.6. The summed E-state index contributed by atoms with van der Waals surface area (Å²) in [5.74, 6) is 0.711. The van der Waals surface area contributed by atoms with Crippen LogP contribution in [0.5, 0.6) is 0 Å². The number of rotatable bonds is 6. The Labute approximate surface area is 330 Å². The molecule has 57 heavy (non-hydrogen) atoms. The lowest BCUT2D eigenvalue weighted by Gasteiger charge is -2.12. The van der Waals surface area contributed by atoms with E-state index in [2.05, 4.69) is 192 Å². The van der Waals surface area contributed by atoms with Crippen molar-refractivity contribution in [2.24, 2.45) is 0 Å². The quantitative estimate of drug-likeness (QED) is 0.171. The van der Waals surface area contributed by atoms with Gasteiger partial charge in [0.15, 0.2) is 5.82 Å². The molecule has 268 valence electrons. The molecule has 0 aliphatic heterocycles. The highest BCUT2D eigenvalue weighted by Gasteiger charge is 2.17. The maximum Gasteiger partial charge on any atom is 0.160 e. The van der Waals surface area contributed by atoms with E-state index >= 15 is 0 Å². The van der Waals surface area contributed by atoms with Gasteiger partial charge in [0, 0.05) is 49.6 Å². The van der Waals surface area contributed by atoms with Crippen LogP contribution in [0.2, 0.25) is 0 Å². The van der Waals surface area contributed by atoms with Crippen LogP contribution in [-0.4, -0.2) is 19.1 Å². The van der Waals surface area contributed by atoms with Crippen LogP contribution in [0, 0.1) is 6.92 Å². The van der Waals surface area contributed by atoms with Crippen molar-refractivity contribution >= 4 is 43.6 Å². The Morgan fingerprint density at radius 3 is 1.25 bits per heavy atom. The Hall–Kier alpha value is -7.56. The number of nitrogens with zero attached hydrogens (tertiary/aromatic N) is 4. The van der Waals surface area contributed by atoms with Crippen LogP contribution >= 0.6 is 0 Å². The monoisotopic (exact) mass is 728 g/mol. The molecular formula is C53H36N4. The molecule has 0 aliphatic carbocycles. The minimum Gasteiger partial charge on any atom is -0.309 e. The summed E-state index contributed by atoms with van der Waals surface area (Å²) in [6.07, 6.45) is 0. The first-order chi connectivity index (χ1) is 28.2. The maximum atomic E-state index is 5.08. The number of hydrogen-bond donors (Lipinski definition) is 0. The van der Waals surface area contributed by atoms with E-state index in [4.69, 9.17) is 9.97 Å². The lowest BCUT2D eigenvalue weighted by molar-refractivity contribution is 1.17. The highest BCUT2D eigenvalue weighted by molar-refractivity contribution is 6.12. The number of fused-ring (bicyclic) bond motifs is 6. The third-order valence-electron chi connectivity index (χ3n) is 11.2. The van der Waals surface area contributed by atoms with E-state index < -0.39 is 0 Å². The van der Waals surface area contributed by atoms with Crippen molar-refractivity contribution in [2.45, 2.75) is 6.92 Å². The minimum atomic E-state index is 0.711. The Morgan fingerprint density at radius 1 is 0.316 bits per heavy atom. The molecule has 0 saturated heterocycles. The summed E-state index contributed by atoms with van der Waals surface area (Å²) < 4.78 is 4.79. The van der Waals surface area contributed by atoms with E-state index in [-0.39, 0.29) is 0 Å². The molecule has 0 aliphatic rings. The van der Waals surface area contributed by atoms with Gasteiger partial charge in [0.2, 0.25) is 0 Å². The van der Waals surface area contributed by atoms with Crippen LogP contribution in [-0.2, 0) is 0 Å². The molecule has 0 amide bonds. The summed E-state index contributed by atoms with van der Waals surface area (Å²) in [4.78, 5) is 10.1. The summed E-state index contributed by atoms with van der Waals surface area (Å²) in [6, 6.07) is 71.5. The molecule has 4 heteroatoms. The lowest BCUT2D eigenvalue weighted by Crippen LogP contribution is -1.97. The van der Waals surface area contributed by atoms with Gasteiger partial charge in [0.25, 0.3) is 0 Å². The highest BCUT2D eigenvalue weighted by Crippen LogP contribution is 2.38. The van der Waals surface area contributed by atoms with E-state index in [1.807, 2.05) is 24.3 Å². The Bertz CT molecular complexity index is 3210. The molecule has 0 fully saturated rings. The molecule has 0 radical (unpaired) electrons. The zero-order valence-corrected chi connectivity index (χ0v) is 31.3. The lowest BCUT2D eigenvalue weighted by atomic mass is 10.0. The first-order valence-electron chi connectivity index (χ1n) is 19.4. The largest absolute Gasteiger partial charge is 0.309 e. The second kappa shape index (κ2) is 13.3. The fourth-order valence-corrected chi connectivity index (χ4v) is 8.40. The average molecular weight is 729 g/mol. The van der Waals surface area contributed by atoms with Crippen LogP contribution in [0.15, 0.2) is 200 Å². The van der Waals surface area contributed by atoms with E-state index in [0.29, 0.717) is 5.82 Å². The summed E-state index contributed by atoms with van der Waals surface area (Å²) in [5.41, 5.74) is 15.5. The van der Waals surface area contributed by atoms with Crippen molar-refractivity contribution in [3.05, 3.63) is 206 Å². The van der Waals surface area contributed by atoms with Gasteiger partial charge in [-0.3, -0.25) is 0 Å². The van der Waals surface area contributed by atoms with Gasteiger partial charge in [-0.1, -0.05) is 151 Å². The average Bonchev–Trinajstić information content (AvgIpc) is 3.79. The first-order valence-corrected chi connectivity index (χ1v) is 19.4. The van der Waals surface area contributed by atoms with E-state index in [0.717, 1.165) is 39.5 Å². The molecule has 4 nitrogen and oxygen atoms in total. The molecule has 0 bridgehead atoms. The van der Waals surface area contributed by atoms with Crippen LogP contribution in [0.3, 0.4) is 0 Å². The normalized spacial score (nSPS) is 11.6. The van der Waals surface area contributed by atoms with Gasteiger partial charge in [0.1, 0.15) is 0 Å². The second-order valence-corrected chi connectivity index (χ2v) is 14.7. The van der Waals surface area contributed by atoms with Crippen LogP contribution in [0.1, 0.15) is 5.56 Å². The molecule has 0 atom stereocenters. The standard InChI is InChI=1S/C53H36N4/c1-35-20-26-41(27-21-35)56-49-18-10-8-16-43(49)45-30-24-39(32-51(45)56)40-25-31-46-44-17-9-11-19-50(44)57(52(46)33-40)42-28-22-37(23-29-42)48-34-47(36-12-4-2-5-13-36)54-53(55-48)38-14-6-3-7-15-38/h2-34H,1H3. The minimum absolute atomic E-state index is 0.711. The van der Waals surface area contributed by atoms with Crippen molar-refractivity contribution < 1.29 is 0 Å². The van der Waals surface area contributed by atoms with Gasteiger partial charge in [-0.15, -0.1) is 0 Å². The molecule has 3 aromatic heterocycles. The van der Waals surface area contributed by atoms with E-state index in [1.165, 1.54) is 60.3 Å². The van der Waals surface area contributed by atoms with Gasteiger partial charge in [0.05, 0.1) is 33.5 Å². The molecule has 0 saturated carbocycles. The smallest absolute Gasteiger partial charge is 0.160 e. The fraction of sp³-hybridized carbons (Fsp3) is 0.0189. The summed E-state index contributed by atoms with van der Waals surface area (Å²) in [5, 5.41) is 4.96. The van der Waals surface area contributed by atoms with Gasteiger partial charge >= 0.3 is 0 Å². The zero-order valence-electron chi connectivity index (χ0n) is 31.3. The topological polar surface area (TPSA) is 35.6 Å². The maximum absolute atomic E-state index is 5.08. The predicted molar refractivity (Wildman–Crippen MR) is 237 cm³/mol. The van der Waals surface area contributed by atoms with E-state index in [9.17, 15) is 0 Å². The Balaban J connectivity index is 1.04. The number of benzene rings is 8. The summed E-state index contributed by atoms with van der Waals surface area (Å²) in [6.45, 7) is 2.14. The van der Waals surface area contributed by atoms with Gasteiger partial charge in [-0.25, -0.2) is 9.97 Å². The van der Waals surface area contributed by atoms with Crippen LogP contribution in [0.25, 0.3) is 100 Å². The second-order valence-electron chi connectivity index (χ2n) is 14.7. The SMILES string of the molecule is Cc1ccc(-n2c3ccccc3c3ccc(-c4ccc5c6ccccc6n(-c6ccc(-c7cc(-c8ccccc8)nc(-c8ccccc8)n7)cc6)c5c4)cc32)cc1. The van der Waals surface area contributed by atoms with Crippen molar-refractivity contribution in [3.8, 4) is 56.4 Å². The molecule has 8 aromatic carbocycles. The molecule has 11 rings (SSSR count). The van der Waals surface area contributed by atoms with Crippen molar-refractivity contribution in [1.82, 2.24) is 19.1 Å². The van der Waals surface area contributed by atoms with Gasteiger partial charge in [-0.2, -0.15) is 0 Å². The molecular weight excluding hydrogens is 693 g/mol. The Kier molecular flexibility index (Phi) is 7.68. The number of para-hydroxylation sites is 2. The summed E-state index contributed by atoms with van der Waals surface area (Å²) in [7, 11) is 0. The third kappa shape index (κ3) is 5.61. The summed E-state index contributed by atoms with van der Waals surface area (Å²) >= 11 is 0. The number of aromatic nitrogens is 4. The van der Waals surface area contributed by atoms with Crippen LogP contribution in [0.4, 0.5) is 0 Å². The molecule has 3 heterocycles. The van der Waals surface area contributed by atoms with Crippen molar-refractivity contribution in [3.63, 3.8) is 0 Å². The molecule has 0 N–H and O–H groups in total. The zero-order chi connectivity index (χ0) is 37.9. The van der Waals surface area contributed by atoms with Gasteiger partial charge in [-0.05, 0) is 72.6 Å². The number of aryl methyl sites for hydroxylation is 1. The highest BCUT2D eigenvalue weighted by atomic mass is 15.0. The van der Waals surface area contributed by atoms with Crippen molar-refractivity contribution in [1.29, 1.82) is 0 Å². The molecule has 11 aromatic rings. The molecule has 0 unspecified atom stereocenters. The first kappa shape index (κ1) is 32.8.